The van der Waals surface area contributed by atoms with Crippen molar-refractivity contribution >= 4 is 22.8 Å². The first-order valence-corrected chi connectivity index (χ1v) is 12.4. The lowest BCUT2D eigenvalue weighted by Crippen LogP contribution is -2.46. The van der Waals surface area contributed by atoms with Crippen LogP contribution in [0, 0.1) is 23.2 Å². The van der Waals surface area contributed by atoms with Crippen molar-refractivity contribution in [3.63, 3.8) is 0 Å². The molecule has 1 aliphatic rings. The van der Waals surface area contributed by atoms with E-state index in [0.29, 0.717) is 23.2 Å². The number of rotatable bonds is 3. The zero-order valence-electron chi connectivity index (χ0n) is 21.5. The van der Waals surface area contributed by atoms with Crippen LogP contribution >= 0.6 is 0 Å². The number of aromatic nitrogens is 6. The molecule has 0 amide bonds. The van der Waals surface area contributed by atoms with Crippen LogP contribution in [0.15, 0.2) is 73.2 Å². The number of hydrogen-bond donors (Lipinski definition) is 2. The van der Waals surface area contributed by atoms with E-state index < -0.39 is 12.1 Å². The zero-order valence-corrected chi connectivity index (χ0v) is 21.5. The Morgan fingerprint density at radius 2 is 1.79 bits per heavy atom. The van der Waals surface area contributed by atoms with Crippen molar-refractivity contribution in [3.8, 4) is 29.4 Å². The highest BCUT2D eigenvalue weighted by Crippen LogP contribution is 2.32. The number of aromatic amines is 1. The minimum atomic E-state index is -5.08. The molecule has 0 aliphatic carbocycles. The van der Waals surface area contributed by atoms with Crippen molar-refractivity contribution in [2.75, 3.05) is 18.0 Å². The van der Waals surface area contributed by atoms with Crippen LogP contribution in [0.4, 0.5) is 19.1 Å². The predicted molar refractivity (Wildman–Crippen MR) is 145 cm³/mol. The van der Waals surface area contributed by atoms with Crippen LogP contribution in [-0.2, 0) is 4.79 Å². The average molecular weight is 569 g/mol. The molecule has 0 spiro atoms. The normalized spacial score (nSPS) is 12.8. The number of carboxylic acids is 1. The summed E-state index contributed by atoms with van der Waals surface area (Å²) in [5.41, 5.74) is 4.90. The Balaban J connectivity index is 0.000000451. The number of halogens is 3. The number of H-pyrrole nitrogens is 1. The first-order chi connectivity index (χ1) is 20.2. The van der Waals surface area contributed by atoms with Gasteiger partial charge in [0, 0.05) is 42.4 Å². The Labute approximate surface area is 236 Å². The lowest BCUT2D eigenvalue weighted by molar-refractivity contribution is -0.192. The third-order valence-electron chi connectivity index (χ3n) is 6.23. The predicted octanol–water partition coefficient (Wildman–Crippen LogP) is 4.32. The van der Waals surface area contributed by atoms with Gasteiger partial charge in [0.2, 0.25) is 5.95 Å². The van der Waals surface area contributed by atoms with Crippen LogP contribution in [0.25, 0.3) is 22.4 Å². The number of fused-ring (bicyclic) bond motifs is 1. The van der Waals surface area contributed by atoms with E-state index >= 15 is 0 Å². The summed E-state index contributed by atoms with van der Waals surface area (Å²) in [6, 6.07) is 19.5. The third kappa shape index (κ3) is 6.32. The summed E-state index contributed by atoms with van der Waals surface area (Å²) in [6.45, 7) is 1.52. The quantitative estimate of drug-likeness (QED) is 0.304. The standard InChI is InChI=1S/C27H18N8.C2HF3O2/c28-14-19-3-1-2-4-23(19)21-16-35(17-21)27-30-12-10-25(33-27)26-29-11-9-22(32-26)7-5-18-6-8-24-20(13-18)15-31-34-24;3-2(4,5)1(6)7/h1-4,6,8-13,15,21H,16-17H2,(H,31,34);(H,6,7). The summed E-state index contributed by atoms with van der Waals surface area (Å²) in [7, 11) is 0. The summed E-state index contributed by atoms with van der Waals surface area (Å²) in [4.78, 5) is 29.1. The van der Waals surface area contributed by atoms with Crippen molar-refractivity contribution in [1.82, 2.24) is 30.1 Å². The smallest absolute Gasteiger partial charge is 0.475 e. The second-order valence-corrected chi connectivity index (χ2v) is 9.03. The number of aliphatic carboxylic acids is 1. The van der Waals surface area contributed by atoms with Gasteiger partial charge in [-0.3, -0.25) is 5.10 Å². The van der Waals surface area contributed by atoms with Crippen LogP contribution in [0.2, 0.25) is 0 Å². The molecule has 10 nitrogen and oxygen atoms in total. The van der Waals surface area contributed by atoms with Crippen molar-refractivity contribution < 1.29 is 23.1 Å². The molecule has 6 rings (SSSR count). The van der Waals surface area contributed by atoms with E-state index in [0.717, 1.165) is 40.7 Å². The molecule has 0 bridgehead atoms. The van der Waals surface area contributed by atoms with Gasteiger partial charge in [-0.25, -0.2) is 24.7 Å². The molecule has 2 N–H and O–H groups in total. The highest BCUT2D eigenvalue weighted by Gasteiger charge is 2.38. The minimum absolute atomic E-state index is 0.286. The molecule has 0 radical (unpaired) electrons. The Morgan fingerprint density at radius 1 is 1.02 bits per heavy atom. The molecule has 3 aromatic heterocycles. The van der Waals surface area contributed by atoms with E-state index in [2.05, 4.69) is 52.9 Å². The van der Waals surface area contributed by atoms with Crippen LogP contribution in [-0.4, -0.2) is 60.5 Å². The fourth-order valence-electron chi connectivity index (χ4n) is 4.13. The summed E-state index contributed by atoms with van der Waals surface area (Å²) in [5.74, 6) is 4.92. The highest BCUT2D eigenvalue weighted by molar-refractivity contribution is 5.79. The number of nitrogens with one attached hydrogen (secondary N) is 1. The van der Waals surface area contributed by atoms with Gasteiger partial charge >= 0.3 is 12.1 Å². The minimum Gasteiger partial charge on any atom is -0.475 e. The summed E-state index contributed by atoms with van der Waals surface area (Å²) < 4.78 is 31.7. The lowest BCUT2D eigenvalue weighted by atomic mass is 9.88. The maximum atomic E-state index is 10.6. The molecule has 2 aromatic carbocycles. The Kier molecular flexibility index (Phi) is 7.75. The first-order valence-electron chi connectivity index (χ1n) is 12.4. The fourth-order valence-corrected chi connectivity index (χ4v) is 4.13. The summed E-state index contributed by atoms with van der Waals surface area (Å²) in [5, 5.41) is 24.5. The van der Waals surface area contributed by atoms with Gasteiger partial charge in [0.05, 0.1) is 23.3 Å². The SMILES string of the molecule is N#Cc1ccccc1C1CN(c2nccc(-c3nccc(C#Cc4ccc5[nH]ncc5c4)n3)n2)C1.O=C(O)C(F)(F)F. The molecule has 208 valence electrons. The molecule has 0 atom stereocenters. The second kappa shape index (κ2) is 11.7. The largest absolute Gasteiger partial charge is 0.490 e. The molecule has 5 aromatic rings. The molecule has 13 heteroatoms. The van der Waals surface area contributed by atoms with Gasteiger partial charge in [-0.2, -0.15) is 23.5 Å². The van der Waals surface area contributed by atoms with E-state index in [1.54, 1.807) is 30.7 Å². The number of alkyl halides is 3. The van der Waals surface area contributed by atoms with Gasteiger partial charge < -0.3 is 10.0 Å². The van der Waals surface area contributed by atoms with E-state index in [1.165, 1.54) is 0 Å². The van der Waals surface area contributed by atoms with Crippen molar-refractivity contribution in [1.29, 1.82) is 5.26 Å². The Bertz CT molecular complexity index is 1860. The van der Waals surface area contributed by atoms with Gasteiger partial charge in [-0.1, -0.05) is 24.1 Å². The Hall–Kier alpha value is -5.82. The monoisotopic (exact) mass is 568 g/mol. The third-order valence-corrected chi connectivity index (χ3v) is 6.23. The number of benzene rings is 2. The summed E-state index contributed by atoms with van der Waals surface area (Å²) >= 11 is 0. The molecule has 0 unspecified atom stereocenters. The highest BCUT2D eigenvalue weighted by atomic mass is 19.4. The number of nitriles is 1. The zero-order chi connectivity index (χ0) is 29.7. The molecular formula is C29H19F3N8O2. The van der Waals surface area contributed by atoms with E-state index in [-0.39, 0.29) is 5.92 Å². The molecule has 0 saturated carbocycles. The lowest BCUT2D eigenvalue weighted by Gasteiger charge is -2.39. The average Bonchev–Trinajstić information content (AvgIpc) is 3.44. The van der Waals surface area contributed by atoms with Crippen molar-refractivity contribution in [3.05, 3.63) is 95.6 Å². The maximum Gasteiger partial charge on any atom is 0.490 e. The van der Waals surface area contributed by atoms with Gasteiger partial charge in [-0.05, 0) is 47.9 Å². The van der Waals surface area contributed by atoms with Crippen LogP contribution < -0.4 is 4.90 Å². The molecular weight excluding hydrogens is 549 g/mol. The van der Waals surface area contributed by atoms with Crippen LogP contribution in [0.5, 0.6) is 0 Å². The number of carbonyl (C=O) groups is 1. The van der Waals surface area contributed by atoms with Gasteiger partial charge in [-0.15, -0.1) is 0 Å². The van der Waals surface area contributed by atoms with E-state index in [4.69, 9.17) is 9.90 Å². The number of anilines is 1. The van der Waals surface area contributed by atoms with Crippen molar-refractivity contribution in [2.45, 2.75) is 12.1 Å². The first kappa shape index (κ1) is 27.7. The number of hydrogen-bond acceptors (Lipinski definition) is 8. The van der Waals surface area contributed by atoms with Gasteiger partial charge in [0.25, 0.3) is 0 Å². The van der Waals surface area contributed by atoms with Crippen LogP contribution in [0.1, 0.15) is 28.3 Å². The second-order valence-electron chi connectivity index (χ2n) is 9.03. The van der Waals surface area contributed by atoms with E-state index in [1.807, 2.05) is 42.5 Å². The topological polar surface area (TPSA) is 145 Å². The summed E-state index contributed by atoms with van der Waals surface area (Å²) in [6.07, 6.45) is 0.0978. The number of carboxylic acid groups (broad SMARTS) is 1. The Morgan fingerprint density at radius 3 is 2.55 bits per heavy atom. The molecule has 42 heavy (non-hydrogen) atoms. The van der Waals surface area contributed by atoms with Gasteiger partial charge in [0.1, 0.15) is 11.4 Å². The molecule has 4 heterocycles. The molecule has 1 saturated heterocycles. The maximum absolute atomic E-state index is 10.6. The van der Waals surface area contributed by atoms with Crippen LogP contribution in [0.3, 0.4) is 0 Å². The van der Waals surface area contributed by atoms with E-state index in [9.17, 15) is 18.4 Å². The fraction of sp³-hybridized carbons (Fsp3) is 0.138. The molecule has 1 fully saturated rings. The molecule has 1 aliphatic heterocycles. The van der Waals surface area contributed by atoms with Crippen molar-refractivity contribution in [2.24, 2.45) is 0 Å². The number of nitrogens with zero attached hydrogens (tertiary/aromatic N) is 7. The van der Waals surface area contributed by atoms with Gasteiger partial charge in [0.15, 0.2) is 5.82 Å².